The van der Waals surface area contributed by atoms with E-state index in [1.807, 2.05) is 24.7 Å². The Morgan fingerprint density at radius 2 is 2.35 bits per heavy atom. The van der Waals surface area contributed by atoms with Crippen molar-refractivity contribution in [2.24, 2.45) is 7.05 Å². The van der Waals surface area contributed by atoms with Crippen LogP contribution in [0.4, 0.5) is 10.9 Å². The number of carbonyl (C=O) groups excluding carboxylic acids is 1. The summed E-state index contributed by atoms with van der Waals surface area (Å²) in [6, 6.07) is 0. The summed E-state index contributed by atoms with van der Waals surface area (Å²) in [5.41, 5.74) is 5.80. The van der Waals surface area contributed by atoms with Gasteiger partial charge in [-0.1, -0.05) is 11.3 Å². The molecule has 0 aliphatic heterocycles. The number of imidazole rings is 1. The van der Waals surface area contributed by atoms with Crippen LogP contribution in [0.2, 0.25) is 0 Å². The van der Waals surface area contributed by atoms with E-state index in [0.29, 0.717) is 16.6 Å². The monoisotopic (exact) mass is 294 g/mol. The van der Waals surface area contributed by atoms with Gasteiger partial charge in [-0.25, -0.2) is 9.97 Å². The number of aromatic nitrogens is 3. The lowest BCUT2D eigenvalue weighted by molar-refractivity contribution is 0.0786. The van der Waals surface area contributed by atoms with Crippen molar-refractivity contribution in [1.29, 1.82) is 0 Å². The molecule has 8 heteroatoms. The van der Waals surface area contributed by atoms with E-state index in [-0.39, 0.29) is 11.7 Å². The summed E-state index contributed by atoms with van der Waals surface area (Å²) in [4.78, 5) is 22.8. The maximum absolute atomic E-state index is 12.4. The lowest BCUT2D eigenvalue weighted by Gasteiger charge is -2.15. The van der Waals surface area contributed by atoms with E-state index in [0.717, 1.165) is 12.4 Å². The Hall–Kier alpha value is -2.09. The number of rotatable bonds is 5. The summed E-state index contributed by atoms with van der Waals surface area (Å²) in [6.07, 6.45) is 3.55. The van der Waals surface area contributed by atoms with Gasteiger partial charge in [0.05, 0.1) is 6.54 Å². The summed E-state index contributed by atoms with van der Waals surface area (Å²) in [6.45, 7) is 3.13. The molecular weight excluding hydrogens is 276 g/mol. The molecule has 0 saturated carbocycles. The van der Waals surface area contributed by atoms with Gasteiger partial charge in [-0.15, -0.1) is 0 Å². The number of aryl methyl sites for hydroxylation is 1. The van der Waals surface area contributed by atoms with Crippen molar-refractivity contribution >= 4 is 28.2 Å². The minimum absolute atomic E-state index is 0.146. The van der Waals surface area contributed by atoms with E-state index >= 15 is 0 Å². The van der Waals surface area contributed by atoms with Crippen molar-refractivity contribution < 1.29 is 4.79 Å². The zero-order valence-electron chi connectivity index (χ0n) is 11.8. The molecule has 0 radical (unpaired) electrons. The molecule has 2 heterocycles. The van der Waals surface area contributed by atoms with Gasteiger partial charge < -0.3 is 20.5 Å². The third kappa shape index (κ3) is 2.90. The molecule has 2 aromatic heterocycles. The summed E-state index contributed by atoms with van der Waals surface area (Å²) in [5, 5.41) is 3.72. The highest BCUT2D eigenvalue weighted by atomic mass is 32.1. The third-order valence-electron chi connectivity index (χ3n) is 2.82. The maximum atomic E-state index is 12.4. The molecule has 0 spiro atoms. The Morgan fingerprint density at radius 3 is 2.95 bits per heavy atom. The van der Waals surface area contributed by atoms with Gasteiger partial charge in [0.2, 0.25) is 0 Å². The zero-order chi connectivity index (χ0) is 14.7. The van der Waals surface area contributed by atoms with E-state index in [1.165, 1.54) is 11.3 Å². The Balaban J connectivity index is 2.12. The first kappa shape index (κ1) is 14.3. The summed E-state index contributed by atoms with van der Waals surface area (Å²) >= 11 is 1.27. The second kappa shape index (κ2) is 5.91. The molecule has 1 amide bonds. The lowest BCUT2D eigenvalue weighted by atomic mass is 10.4. The number of thiazole rings is 1. The average Bonchev–Trinajstić information content (AvgIpc) is 2.96. The molecule has 108 valence electrons. The van der Waals surface area contributed by atoms with E-state index in [2.05, 4.69) is 15.3 Å². The second-order valence-corrected chi connectivity index (χ2v) is 5.38. The van der Waals surface area contributed by atoms with Crippen LogP contribution in [0.1, 0.15) is 22.4 Å². The zero-order valence-corrected chi connectivity index (χ0v) is 12.6. The lowest BCUT2D eigenvalue weighted by Crippen LogP contribution is -2.27. The number of nitrogens with one attached hydrogen (secondary N) is 1. The van der Waals surface area contributed by atoms with Crippen molar-refractivity contribution in [3.8, 4) is 0 Å². The molecule has 0 atom stereocenters. The highest BCUT2D eigenvalue weighted by molar-refractivity contribution is 7.18. The molecule has 3 N–H and O–H groups in total. The van der Waals surface area contributed by atoms with Crippen molar-refractivity contribution in [2.75, 3.05) is 24.6 Å². The molecule has 0 aromatic carbocycles. The molecule has 7 nitrogen and oxygen atoms in total. The van der Waals surface area contributed by atoms with Crippen LogP contribution in [0.25, 0.3) is 0 Å². The van der Waals surface area contributed by atoms with E-state index in [1.54, 1.807) is 18.1 Å². The normalized spacial score (nSPS) is 10.6. The highest BCUT2D eigenvalue weighted by Crippen LogP contribution is 2.26. The average molecular weight is 294 g/mol. The van der Waals surface area contributed by atoms with Crippen LogP contribution in [0.3, 0.4) is 0 Å². The molecule has 2 rings (SSSR count). The predicted molar refractivity (Wildman–Crippen MR) is 79.7 cm³/mol. The topological polar surface area (TPSA) is 89.1 Å². The van der Waals surface area contributed by atoms with Gasteiger partial charge in [0.25, 0.3) is 5.91 Å². The predicted octanol–water partition coefficient (Wildman–Crippen LogP) is 1.16. The van der Waals surface area contributed by atoms with Crippen LogP contribution in [-0.2, 0) is 13.6 Å². The Bertz CT molecular complexity index is 605. The van der Waals surface area contributed by atoms with E-state index in [4.69, 9.17) is 5.73 Å². The summed E-state index contributed by atoms with van der Waals surface area (Å²) < 4.78 is 1.88. The number of amides is 1. The van der Waals surface area contributed by atoms with Gasteiger partial charge in [0, 0.05) is 33.0 Å². The van der Waals surface area contributed by atoms with E-state index in [9.17, 15) is 4.79 Å². The van der Waals surface area contributed by atoms with Gasteiger partial charge in [0.15, 0.2) is 5.13 Å². The van der Waals surface area contributed by atoms with Crippen molar-refractivity contribution in [2.45, 2.75) is 13.5 Å². The molecule has 0 saturated heterocycles. The second-order valence-electron chi connectivity index (χ2n) is 4.38. The molecule has 0 fully saturated rings. The Kier molecular flexibility index (Phi) is 4.23. The van der Waals surface area contributed by atoms with Gasteiger partial charge in [-0.3, -0.25) is 4.79 Å². The number of carbonyl (C=O) groups is 1. The minimum Gasteiger partial charge on any atom is -0.382 e. The quantitative estimate of drug-likeness (QED) is 0.864. The van der Waals surface area contributed by atoms with Crippen molar-refractivity contribution in [1.82, 2.24) is 19.4 Å². The van der Waals surface area contributed by atoms with Crippen molar-refractivity contribution in [3.63, 3.8) is 0 Å². The number of nitrogens with two attached hydrogens (primary N) is 1. The Morgan fingerprint density at radius 1 is 1.60 bits per heavy atom. The summed E-state index contributed by atoms with van der Waals surface area (Å²) in [5.74, 6) is 0.936. The fourth-order valence-electron chi connectivity index (χ4n) is 1.72. The number of nitrogen functional groups attached to an aromatic ring is 1. The first-order valence-corrected chi connectivity index (χ1v) is 7.06. The number of hydrogen-bond donors (Lipinski definition) is 2. The van der Waals surface area contributed by atoms with Gasteiger partial charge >= 0.3 is 0 Å². The third-order valence-corrected chi connectivity index (χ3v) is 3.84. The minimum atomic E-state index is -0.146. The standard InChI is InChI=1S/C12H18N6OS/c1-4-14-12-16-10(13)9(20-12)11(19)18(3)7-8-15-5-6-17(8)2/h5-6H,4,7,13H2,1-3H3,(H,14,16). The molecular formula is C12H18N6OS. The first-order chi connectivity index (χ1) is 9.52. The van der Waals surface area contributed by atoms with Gasteiger partial charge in [-0.2, -0.15) is 0 Å². The molecule has 2 aromatic rings. The van der Waals surface area contributed by atoms with Crippen molar-refractivity contribution in [3.05, 3.63) is 23.1 Å². The fourth-order valence-corrected chi connectivity index (χ4v) is 2.67. The van der Waals surface area contributed by atoms with E-state index < -0.39 is 0 Å². The summed E-state index contributed by atoms with van der Waals surface area (Å²) in [7, 11) is 3.62. The van der Waals surface area contributed by atoms with Crippen LogP contribution in [-0.4, -0.2) is 38.9 Å². The van der Waals surface area contributed by atoms with Gasteiger partial charge in [0.1, 0.15) is 16.5 Å². The first-order valence-electron chi connectivity index (χ1n) is 6.24. The van der Waals surface area contributed by atoms with Crippen LogP contribution in [0, 0.1) is 0 Å². The van der Waals surface area contributed by atoms with Gasteiger partial charge in [-0.05, 0) is 6.92 Å². The van der Waals surface area contributed by atoms with Crippen LogP contribution >= 0.6 is 11.3 Å². The molecule has 0 aliphatic carbocycles. The molecule has 0 unspecified atom stereocenters. The Labute approximate surface area is 121 Å². The largest absolute Gasteiger partial charge is 0.382 e. The van der Waals surface area contributed by atoms with Crippen LogP contribution in [0.5, 0.6) is 0 Å². The van der Waals surface area contributed by atoms with Crippen LogP contribution < -0.4 is 11.1 Å². The SMILES string of the molecule is CCNc1nc(N)c(C(=O)N(C)Cc2nccn2C)s1. The smallest absolute Gasteiger partial charge is 0.268 e. The maximum Gasteiger partial charge on any atom is 0.268 e. The molecule has 0 bridgehead atoms. The molecule has 20 heavy (non-hydrogen) atoms. The number of nitrogens with zero attached hydrogens (tertiary/aromatic N) is 4. The van der Waals surface area contributed by atoms with Crippen LogP contribution in [0.15, 0.2) is 12.4 Å². The highest BCUT2D eigenvalue weighted by Gasteiger charge is 2.20. The fraction of sp³-hybridized carbons (Fsp3) is 0.417. The number of anilines is 2. The molecule has 0 aliphatic rings. The number of hydrogen-bond acceptors (Lipinski definition) is 6.